The van der Waals surface area contributed by atoms with E-state index in [2.05, 4.69) is 72.6 Å². The highest BCUT2D eigenvalue weighted by Gasteiger charge is 2.32. The summed E-state index contributed by atoms with van der Waals surface area (Å²) in [5.41, 5.74) is 8.41. The summed E-state index contributed by atoms with van der Waals surface area (Å²) in [4.78, 5) is 8.84. The van der Waals surface area contributed by atoms with Crippen molar-refractivity contribution < 1.29 is 21.9 Å². The molecule has 11 nitrogen and oxygen atoms in total. The van der Waals surface area contributed by atoms with Crippen LogP contribution in [0.5, 0.6) is 0 Å². The van der Waals surface area contributed by atoms with Gasteiger partial charge in [0, 0.05) is 114 Å². The normalized spacial score (nSPS) is 15.7. The SMILES string of the molecule is CCn1c(-c2ccc(Cl)cc2)c(-c2cccc(N3CCN(c4ccc(NS(=O)(=O)c5ccc(N[C@H](CCN6CCC(O)CC6)CSc6ccccc6)c(C)c5)cc4)CC3)c2)c(S(C)(=O)=O)c1C(C)C. The number of piperidine rings is 1. The van der Waals surface area contributed by atoms with Gasteiger partial charge in [0.1, 0.15) is 0 Å². The average Bonchev–Trinajstić information content (AvgIpc) is 3.71. The van der Waals surface area contributed by atoms with Crippen LogP contribution in [-0.4, -0.2) is 101 Å². The molecule has 0 amide bonds. The summed E-state index contributed by atoms with van der Waals surface area (Å²) in [5.74, 6) is 0.828. The lowest BCUT2D eigenvalue weighted by Crippen LogP contribution is -2.46. The van der Waals surface area contributed by atoms with Gasteiger partial charge in [-0.1, -0.05) is 67.9 Å². The average molecular weight is 1010 g/mol. The summed E-state index contributed by atoms with van der Waals surface area (Å²) in [7, 11) is -7.49. The van der Waals surface area contributed by atoms with Crippen LogP contribution in [0.3, 0.4) is 0 Å². The number of anilines is 4. The number of thioether (sulfide) groups is 1. The number of nitrogens with one attached hydrogen (secondary N) is 2. The molecule has 0 aliphatic carbocycles. The molecular formula is C54H65ClN6O5S3. The Labute approximate surface area is 418 Å². The van der Waals surface area contributed by atoms with Crippen molar-refractivity contribution in [2.75, 3.05) is 77.7 Å². The topological polar surface area (TPSA) is 127 Å². The first-order valence-electron chi connectivity index (χ1n) is 24.0. The quantitative estimate of drug-likeness (QED) is 0.0716. The van der Waals surface area contributed by atoms with E-state index >= 15 is 0 Å². The maximum absolute atomic E-state index is 13.7. The van der Waals surface area contributed by atoms with Crippen LogP contribution in [0.2, 0.25) is 5.02 Å². The van der Waals surface area contributed by atoms with Crippen LogP contribution in [-0.2, 0) is 26.4 Å². The molecule has 0 unspecified atom stereocenters. The van der Waals surface area contributed by atoms with Gasteiger partial charge in [0.25, 0.3) is 10.0 Å². The number of hydrogen-bond donors (Lipinski definition) is 3. The highest BCUT2D eigenvalue weighted by Crippen LogP contribution is 2.45. The molecule has 0 saturated carbocycles. The maximum Gasteiger partial charge on any atom is 0.261 e. The van der Waals surface area contributed by atoms with Crippen LogP contribution in [0, 0.1) is 6.92 Å². The Balaban J connectivity index is 0.921. The van der Waals surface area contributed by atoms with E-state index in [0.29, 0.717) is 27.7 Å². The fourth-order valence-corrected chi connectivity index (χ4v) is 13.3. The Morgan fingerprint density at radius 3 is 2.06 bits per heavy atom. The molecule has 0 spiro atoms. The van der Waals surface area contributed by atoms with E-state index in [9.17, 15) is 21.9 Å². The minimum atomic E-state index is -3.86. The predicted octanol–water partition coefficient (Wildman–Crippen LogP) is 10.9. The Bertz CT molecular complexity index is 2920. The van der Waals surface area contributed by atoms with E-state index in [0.717, 1.165) is 116 Å². The molecule has 15 heteroatoms. The summed E-state index contributed by atoms with van der Waals surface area (Å²) in [6, 6.07) is 39.2. The van der Waals surface area contributed by atoms with Gasteiger partial charge >= 0.3 is 0 Å². The third kappa shape index (κ3) is 12.1. The number of likely N-dealkylation sites (tertiary alicyclic amines) is 1. The molecule has 3 heterocycles. The number of sulfone groups is 1. The van der Waals surface area contributed by atoms with E-state index in [1.165, 1.54) is 11.2 Å². The molecule has 0 bridgehead atoms. The second-order valence-corrected chi connectivity index (χ2v) is 23.8. The molecular weight excluding hydrogens is 944 g/mol. The van der Waals surface area contributed by atoms with Crippen molar-refractivity contribution in [1.29, 1.82) is 0 Å². The number of hydrogen-bond acceptors (Lipinski definition) is 10. The zero-order valence-corrected chi connectivity index (χ0v) is 43.4. The molecule has 3 N–H and O–H groups in total. The summed E-state index contributed by atoms with van der Waals surface area (Å²) in [6.45, 7) is 14.4. The molecule has 8 rings (SSSR count). The van der Waals surface area contributed by atoms with Crippen molar-refractivity contribution >= 4 is 66.0 Å². The van der Waals surface area contributed by atoms with Crippen molar-refractivity contribution in [3.63, 3.8) is 0 Å². The van der Waals surface area contributed by atoms with Gasteiger partial charge < -0.3 is 29.7 Å². The Morgan fingerprint density at radius 1 is 0.768 bits per heavy atom. The van der Waals surface area contributed by atoms with Crippen LogP contribution in [0.25, 0.3) is 22.4 Å². The number of nitrogens with zero attached hydrogens (tertiary/aromatic N) is 4. The Kier molecular flexibility index (Phi) is 16.1. The van der Waals surface area contributed by atoms with Crippen LogP contribution in [0.15, 0.2) is 136 Å². The van der Waals surface area contributed by atoms with Crippen molar-refractivity contribution in [2.24, 2.45) is 0 Å². The van der Waals surface area contributed by atoms with Gasteiger partial charge in [-0.05, 0) is 135 Å². The van der Waals surface area contributed by atoms with E-state index in [4.69, 9.17) is 11.6 Å². The van der Waals surface area contributed by atoms with E-state index in [-0.39, 0.29) is 23.0 Å². The largest absolute Gasteiger partial charge is 0.393 e. The molecule has 2 aliphatic rings. The van der Waals surface area contributed by atoms with Gasteiger partial charge in [-0.2, -0.15) is 0 Å². The molecule has 2 aliphatic heterocycles. The second-order valence-electron chi connectivity index (χ2n) is 18.6. The molecule has 2 fully saturated rings. The molecule has 1 aromatic heterocycles. The fraction of sp³-hybridized carbons (Fsp3) is 0.370. The van der Waals surface area contributed by atoms with Gasteiger partial charge in [0.05, 0.1) is 21.6 Å². The molecule has 0 radical (unpaired) electrons. The molecule has 69 heavy (non-hydrogen) atoms. The number of piperazine rings is 1. The van der Waals surface area contributed by atoms with Crippen molar-refractivity contribution in [3.05, 3.63) is 138 Å². The summed E-state index contributed by atoms with van der Waals surface area (Å²) < 4.78 is 59.8. The molecule has 366 valence electrons. The van der Waals surface area contributed by atoms with Gasteiger partial charge in [-0.3, -0.25) is 4.72 Å². The van der Waals surface area contributed by atoms with Gasteiger partial charge in [0.2, 0.25) is 0 Å². The number of aromatic nitrogens is 1. The second kappa shape index (κ2) is 22.0. The van der Waals surface area contributed by atoms with Gasteiger partial charge in [0.15, 0.2) is 9.84 Å². The Hall–Kier alpha value is -4.96. The van der Waals surface area contributed by atoms with Gasteiger partial charge in [-0.15, -0.1) is 11.8 Å². The predicted molar refractivity (Wildman–Crippen MR) is 287 cm³/mol. The van der Waals surface area contributed by atoms with E-state index in [1.807, 2.05) is 105 Å². The summed E-state index contributed by atoms with van der Waals surface area (Å²) in [5, 5.41) is 14.3. The van der Waals surface area contributed by atoms with Crippen LogP contribution in [0.1, 0.15) is 57.2 Å². The first kappa shape index (κ1) is 50.4. The zero-order chi connectivity index (χ0) is 48.9. The minimum Gasteiger partial charge on any atom is -0.393 e. The lowest BCUT2D eigenvalue weighted by atomic mass is 9.99. The standard InChI is InChI=1S/C54H65ClN6O5S3/c1-6-61-52(38(2)3)54(68(5,63)64)51(53(61)40-15-17-42(55)18-16-40)41-11-10-12-46(36-41)60-33-31-59(32-34-60)45-21-19-43(20-22-45)57-69(65,66)49-23-24-50(39(4)35-49)56-44(37-67-48-13-8-7-9-14-48)25-28-58-29-26-47(62)27-30-58/h7-24,35-36,38,44,47,56-57,62H,6,25-34,37H2,1-5H3/t44-/m1/s1. The third-order valence-electron chi connectivity index (χ3n) is 13.3. The number of aliphatic hydroxyl groups excluding tert-OH is 1. The Morgan fingerprint density at radius 2 is 1.43 bits per heavy atom. The van der Waals surface area contributed by atoms with Crippen molar-refractivity contribution in [1.82, 2.24) is 9.47 Å². The molecule has 2 saturated heterocycles. The van der Waals surface area contributed by atoms with Crippen molar-refractivity contribution in [2.45, 2.75) is 86.3 Å². The third-order valence-corrected chi connectivity index (χ3v) is 17.2. The first-order chi connectivity index (χ1) is 33.1. The molecule has 1 atom stereocenters. The first-order valence-corrected chi connectivity index (χ1v) is 28.7. The highest BCUT2D eigenvalue weighted by molar-refractivity contribution is 7.99. The van der Waals surface area contributed by atoms with Crippen LogP contribution < -0.4 is 19.8 Å². The zero-order valence-electron chi connectivity index (χ0n) is 40.2. The highest BCUT2D eigenvalue weighted by atomic mass is 35.5. The number of rotatable bonds is 18. The van der Waals surface area contributed by atoms with Crippen LogP contribution >= 0.6 is 23.4 Å². The number of aliphatic hydroxyl groups is 1. The lowest BCUT2D eigenvalue weighted by molar-refractivity contribution is 0.0817. The van der Waals surface area contributed by atoms with Crippen LogP contribution in [0.4, 0.5) is 22.7 Å². The monoisotopic (exact) mass is 1010 g/mol. The maximum atomic E-state index is 13.7. The van der Waals surface area contributed by atoms with Crippen molar-refractivity contribution in [3.8, 4) is 22.4 Å². The number of halogens is 1. The minimum absolute atomic E-state index is 0.0308. The number of sulfonamides is 1. The smallest absolute Gasteiger partial charge is 0.261 e. The van der Waals surface area contributed by atoms with Gasteiger partial charge in [-0.25, -0.2) is 16.8 Å². The number of benzene rings is 5. The molecule has 6 aromatic rings. The number of aryl methyl sites for hydroxylation is 1. The summed E-state index contributed by atoms with van der Waals surface area (Å²) in [6.07, 6.45) is 3.64. The summed E-state index contributed by atoms with van der Waals surface area (Å²) >= 11 is 8.12. The fourth-order valence-electron chi connectivity index (χ4n) is 9.68. The molecule has 5 aromatic carbocycles. The van der Waals surface area contributed by atoms with E-state index < -0.39 is 19.9 Å². The lowest BCUT2D eigenvalue weighted by Gasteiger charge is -2.37. The van der Waals surface area contributed by atoms with E-state index in [1.54, 1.807) is 12.1 Å².